The van der Waals surface area contributed by atoms with E-state index < -0.39 is 0 Å². The van der Waals surface area contributed by atoms with Gasteiger partial charge in [-0.1, -0.05) is 42.5 Å². The van der Waals surface area contributed by atoms with Gasteiger partial charge in [0.2, 0.25) is 5.91 Å². The van der Waals surface area contributed by atoms with Gasteiger partial charge >= 0.3 is 0 Å². The van der Waals surface area contributed by atoms with Crippen molar-refractivity contribution in [3.8, 4) is 0 Å². The third-order valence-corrected chi connectivity index (χ3v) is 5.67. The molecule has 3 N–H and O–H groups in total. The number of rotatable bonds is 7. The zero-order chi connectivity index (χ0) is 22.3. The van der Waals surface area contributed by atoms with Crippen LogP contribution in [0.2, 0.25) is 0 Å². The molecule has 7 heteroatoms. The largest absolute Gasteiger partial charge is 0.352 e. The molecule has 0 aliphatic carbocycles. The van der Waals surface area contributed by atoms with Crippen LogP contribution in [-0.2, 0) is 4.79 Å². The number of benzene rings is 3. The minimum Gasteiger partial charge on any atom is -0.352 e. The number of nitrogens with one attached hydrogen (secondary N) is 3. The molecule has 0 atom stereocenters. The van der Waals surface area contributed by atoms with Gasteiger partial charge in [0, 0.05) is 29.9 Å². The van der Waals surface area contributed by atoms with Gasteiger partial charge in [0.1, 0.15) is 0 Å². The lowest BCUT2D eigenvalue weighted by atomic mass is 10.1. The molecule has 32 heavy (non-hydrogen) atoms. The number of amides is 3. The molecule has 0 aliphatic heterocycles. The zero-order valence-electron chi connectivity index (χ0n) is 17.1. The first-order chi connectivity index (χ1) is 15.6. The summed E-state index contributed by atoms with van der Waals surface area (Å²) in [6.45, 7) is 0.215. The molecule has 0 spiro atoms. The van der Waals surface area contributed by atoms with Crippen molar-refractivity contribution in [1.82, 2.24) is 5.32 Å². The lowest BCUT2D eigenvalue weighted by Gasteiger charge is -2.09. The van der Waals surface area contributed by atoms with E-state index in [0.717, 1.165) is 10.8 Å². The fourth-order valence-electron chi connectivity index (χ4n) is 3.22. The van der Waals surface area contributed by atoms with Crippen LogP contribution in [0.15, 0.2) is 84.2 Å². The Morgan fingerprint density at radius 3 is 2.28 bits per heavy atom. The molecule has 0 aliphatic rings. The number of hydrogen-bond donors (Lipinski definition) is 3. The predicted octanol–water partition coefficient (Wildman–Crippen LogP) is 4.91. The van der Waals surface area contributed by atoms with Crippen molar-refractivity contribution in [3.63, 3.8) is 0 Å². The van der Waals surface area contributed by atoms with E-state index in [1.807, 2.05) is 47.8 Å². The summed E-state index contributed by atoms with van der Waals surface area (Å²) in [5.74, 6) is -0.646. The topological polar surface area (TPSA) is 87.3 Å². The lowest BCUT2D eigenvalue weighted by molar-refractivity contribution is -0.116. The standard InChI is InChI=1S/C25H21N3O3S/c29-23(12-13-26-24(30)19-11-10-17-5-1-2-6-18(17)15-19)27-20-7-3-8-21(16-20)28-25(31)22-9-4-14-32-22/h1-11,14-16H,12-13H2,(H,26,30)(H,27,29)(H,28,31). The molecule has 0 unspecified atom stereocenters. The Labute approximate surface area is 189 Å². The van der Waals surface area contributed by atoms with Crippen LogP contribution in [0.5, 0.6) is 0 Å². The van der Waals surface area contributed by atoms with Crippen molar-refractivity contribution in [2.75, 3.05) is 17.2 Å². The summed E-state index contributed by atoms with van der Waals surface area (Å²) in [6.07, 6.45) is 0.130. The quantitative estimate of drug-likeness (QED) is 0.379. The van der Waals surface area contributed by atoms with Crippen LogP contribution < -0.4 is 16.0 Å². The average molecular weight is 444 g/mol. The van der Waals surface area contributed by atoms with Gasteiger partial charge in [-0.3, -0.25) is 14.4 Å². The van der Waals surface area contributed by atoms with Crippen LogP contribution in [-0.4, -0.2) is 24.3 Å². The molecule has 0 saturated carbocycles. The van der Waals surface area contributed by atoms with E-state index in [1.165, 1.54) is 11.3 Å². The van der Waals surface area contributed by atoms with Crippen LogP contribution in [0.1, 0.15) is 26.5 Å². The summed E-state index contributed by atoms with van der Waals surface area (Å²) in [5, 5.41) is 12.3. The number of carbonyl (C=O) groups excluding carboxylic acids is 3. The Morgan fingerprint density at radius 1 is 0.719 bits per heavy atom. The fraction of sp³-hybridized carbons (Fsp3) is 0.0800. The summed E-state index contributed by atoms with van der Waals surface area (Å²) in [7, 11) is 0. The van der Waals surface area contributed by atoms with Crippen molar-refractivity contribution < 1.29 is 14.4 Å². The van der Waals surface area contributed by atoms with E-state index >= 15 is 0 Å². The Hall–Kier alpha value is -3.97. The first-order valence-electron chi connectivity index (χ1n) is 10.1. The van der Waals surface area contributed by atoms with Gasteiger partial charge in [-0.25, -0.2) is 0 Å². The van der Waals surface area contributed by atoms with Gasteiger partial charge in [0.05, 0.1) is 4.88 Å². The molecule has 0 radical (unpaired) electrons. The summed E-state index contributed by atoms with van der Waals surface area (Å²) in [5.41, 5.74) is 1.71. The molecule has 0 bridgehead atoms. The highest BCUT2D eigenvalue weighted by Gasteiger charge is 2.10. The first kappa shape index (κ1) is 21.3. The van der Waals surface area contributed by atoms with E-state index in [4.69, 9.17) is 0 Å². The summed E-state index contributed by atoms with van der Waals surface area (Å²) < 4.78 is 0. The van der Waals surface area contributed by atoms with Crippen LogP contribution in [0.25, 0.3) is 10.8 Å². The molecule has 4 aromatic rings. The number of thiophene rings is 1. The van der Waals surface area contributed by atoms with E-state index in [2.05, 4.69) is 16.0 Å². The van der Waals surface area contributed by atoms with Gasteiger partial charge in [-0.05, 0) is 52.6 Å². The number of anilines is 2. The Balaban J connectivity index is 1.27. The molecule has 0 saturated heterocycles. The van der Waals surface area contributed by atoms with E-state index in [9.17, 15) is 14.4 Å². The van der Waals surface area contributed by atoms with Crippen molar-refractivity contribution >= 4 is 51.2 Å². The SMILES string of the molecule is O=C(CCNC(=O)c1ccc2ccccc2c1)Nc1cccc(NC(=O)c2cccs2)c1. The van der Waals surface area contributed by atoms with Gasteiger partial charge in [0.25, 0.3) is 11.8 Å². The summed E-state index contributed by atoms with van der Waals surface area (Å²) >= 11 is 1.36. The van der Waals surface area contributed by atoms with Gasteiger partial charge in [0.15, 0.2) is 0 Å². The zero-order valence-corrected chi connectivity index (χ0v) is 17.9. The molecule has 1 aromatic heterocycles. The van der Waals surface area contributed by atoms with Crippen molar-refractivity contribution in [2.45, 2.75) is 6.42 Å². The van der Waals surface area contributed by atoms with E-state index in [-0.39, 0.29) is 30.7 Å². The Morgan fingerprint density at radius 2 is 1.50 bits per heavy atom. The smallest absolute Gasteiger partial charge is 0.265 e. The minimum atomic E-state index is -0.231. The first-order valence-corrected chi connectivity index (χ1v) is 11.0. The normalized spacial score (nSPS) is 10.5. The van der Waals surface area contributed by atoms with E-state index in [0.29, 0.717) is 21.8 Å². The highest BCUT2D eigenvalue weighted by atomic mass is 32.1. The highest BCUT2D eigenvalue weighted by molar-refractivity contribution is 7.12. The third-order valence-electron chi connectivity index (χ3n) is 4.80. The average Bonchev–Trinajstić information content (AvgIpc) is 3.34. The predicted molar refractivity (Wildman–Crippen MR) is 128 cm³/mol. The van der Waals surface area contributed by atoms with Crippen molar-refractivity contribution in [1.29, 1.82) is 0 Å². The molecule has 0 fully saturated rings. The second-order valence-electron chi connectivity index (χ2n) is 7.13. The molecule has 1 heterocycles. The van der Waals surface area contributed by atoms with Gasteiger partial charge < -0.3 is 16.0 Å². The molecule has 3 amide bonds. The van der Waals surface area contributed by atoms with Gasteiger partial charge in [-0.15, -0.1) is 11.3 Å². The minimum absolute atomic E-state index is 0.130. The highest BCUT2D eigenvalue weighted by Crippen LogP contribution is 2.18. The van der Waals surface area contributed by atoms with Crippen molar-refractivity contribution in [2.24, 2.45) is 0 Å². The number of carbonyl (C=O) groups is 3. The summed E-state index contributed by atoms with van der Waals surface area (Å²) in [4.78, 5) is 37.5. The monoisotopic (exact) mass is 443 g/mol. The number of hydrogen-bond acceptors (Lipinski definition) is 4. The lowest BCUT2D eigenvalue weighted by Crippen LogP contribution is -2.27. The van der Waals surface area contributed by atoms with E-state index in [1.54, 1.807) is 36.4 Å². The van der Waals surface area contributed by atoms with Crippen LogP contribution in [0.4, 0.5) is 11.4 Å². The second kappa shape index (κ2) is 9.89. The Bertz CT molecular complexity index is 1270. The maximum Gasteiger partial charge on any atom is 0.265 e. The van der Waals surface area contributed by atoms with Crippen molar-refractivity contribution in [3.05, 3.63) is 94.7 Å². The molecule has 4 rings (SSSR count). The molecular weight excluding hydrogens is 422 g/mol. The third kappa shape index (κ3) is 5.39. The summed E-state index contributed by atoms with van der Waals surface area (Å²) in [6, 6.07) is 23.8. The maximum atomic E-state index is 12.4. The van der Waals surface area contributed by atoms with Crippen LogP contribution >= 0.6 is 11.3 Å². The maximum absolute atomic E-state index is 12.4. The fourth-order valence-corrected chi connectivity index (χ4v) is 3.84. The van der Waals surface area contributed by atoms with Crippen LogP contribution in [0, 0.1) is 0 Å². The molecular formula is C25H21N3O3S. The van der Waals surface area contributed by atoms with Gasteiger partial charge in [-0.2, -0.15) is 0 Å². The van der Waals surface area contributed by atoms with Crippen LogP contribution in [0.3, 0.4) is 0 Å². The molecule has 160 valence electrons. The molecule has 6 nitrogen and oxygen atoms in total. The molecule has 3 aromatic carbocycles. The number of fused-ring (bicyclic) bond motifs is 1. The Kier molecular flexibility index (Phi) is 6.57. The second-order valence-corrected chi connectivity index (χ2v) is 8.08.